The number of rotatable bonds is 2. The minimum atomic E-state index is 0.714. The SMILES string of the molecule is NC(=NCc1ccsc1)N1CCCCCC1. The Balaban J connectivity index is 1.89. The highest BCUT2D eigenvalue weighted by Gasteiger charge is 2.10. The van der Waals surface area contributed by atoms with Gasteiger partial charge in [-0.3, -0.25) is 0 Å². The van der Waals surface area contributed by atoms with E-state index < -0.39 is 0 Å². The standard InChI is InChI=1S/C12H19N3S/c13-12(14-9-11-5-8-16-10-11)15-6-3-1-2-4-7-15/h5,8,10H,1-4,6-7,9H2,(H2,13,14). The molecule has 0 spiro atoms. The van der Waals surface area contributed by atoms with Gasteiger partial charge in [-0.05, 0) is 35.2 Å². The number of nitrogens with two attached hydrogens (primary N) is 1. The summed E-state index contributed by atoms with van der Waals surface area (Å²) >= 11 is 1.71. The maximum absolute atomic E-state index is 6.01. The maximum Gasteiger partial charge on any atom is 0.191 e. The lowest BCUT2D eigenvalue weighted by molar-refractivity contribution is 0.428. The third-order valence-corrected chi connectivity index (χ3v) is 3.67. The van der Waals surface area contributed by atoms with Crippen molar-refractivity contribution >= 4 is 17.3 Å². The van der Waals surface area contributed by atoms with Crippen molar-refractivity contribution in [1.82, 2.24) is 4.90 Å². The van der Waals surface area contributed by atoms with Gasteiger partial charge in [0.15, 0.2) is 5.96 Å². The average molecular weight is 237 g/mol. The Morgan fingerprint density at radius 3 is 2.69 bits per heavy atom. The molecule has 0 aromatic carbocycles. The molecule has 0 atom stereocenters. The number of hydrogen-bond acceptors (Lipinski definition) is 2. The second-order valence-corrected chi connectivity index (χ2v) is 4.99. The fourth-order valence-corrected chi connectivity index (χ4v) is 2.61. The van der Waals surface area contributed by atoms with Crippen molar-refractivity contribution in [3.05, 3.63) is 22.4 Å². The van der Waals surface area contributed by atoms with Crippen LogP contribution in [0.2, 0.25) is 0 Å². The number of nitrogens with zero attached hydrogens (tertiary/aromatic N) is 2. The summed E-state index contributed by atoms with van der Waals surface area (Å²) in [5, 5.41) is 4.20. The fraction of sp³-hybridized carbons (Fsp3) is 0.583. The Labute approximate surface area is 101 Å². The van der Waals surface area contributed by atoms with E-state index in [1.807, 2.05) is 0 Å². The second-order valence-electron chi connectivity index (χ2n) is 4.21. The zero-order valence-electron chi connectivity index (χ0n) is 9.56. The molecule has 1 aromatic heterocycles. The molecule has 0 saturated carbocycles. The highest BCUT2D eigenvalue weighted by atomic mass is 32.1. The number of guanidine groups is 1. The van der Waals surface area contributed by atoms with Gasteiger partial charge in [0.2, 0.25) is 0 Å². The molecule has 1 aromatic rings. The van der Waals surface area contributed by atoms with E-state index in [2.05, 4.69) is 26.7 Å². The van der Waals surface area contributed by atoms with Gasteiger partial charge in [0, 0.05) is 13.1 Å². The molecule has 4 heteroatoms. The van der Waals surface area contributed by atoms with Crippen LogP contribution in [0.1, 0.15) is 31.2 Å². The van der Waals surface area contributed by atoms with Crippen molar-refractivity contribution in [2.75, 3.05) is 13.1 Å². The van der Waals surface area contributed by atoms with E-state index in [0.717, 1.165) is 13.1 Å². The van der Waals surface area contributed by atoms with Gasteiger partial charge in [-0.25, -0.2) is 4.99 Å². The molecule has 16 heavy (non-hydrogen) atoms. The van der Waals surface area contributed by atoms with Crippen LogP contribution in [0.15, 0.2) is 21.8 Å². The van der Waals surface area contributed by atoms with E-state index >= 15 is 0 Å². The zero-order chi connectivity index (χ0) is 11.2. The Morgan fingerprint density at radius 2 is 2.06 bits per heavy atom. The van der Waals surface area contributed by atoms with Crippen LogP contribution in [-0.4, -0.2) is 23.9 Å². The van der Waals surface area contributed by atoms with Gasteiger partial charge < -0.3 is 10.6 Å². The Hall–Kier alpha value is -1.03. The topological polar surface area (TPSA) is 41.6 Å². The van der Waals surface area contributed by atoms with Gasteiger partial charge in [-0.15, -0.1) is 0 Å². The first-order chi connectivity index (χ1) is 7.86. The number of aliphatic imine (C=N–C) groups is 1. The summed E-state index contributed by atoms with van der Waals surface area (Å²) in [5.41, 5.74) is 7.27. The van der Waals surface area contributed by atoms with Crippen molar-refractivity contribution in [1.29, 1.82) is 0 Å². The molecule has 1 aliphatic rings. The minimum absolute atomic E-state index is 0.714. The average Bonchev–Trinajstić information content (AvgIpc) is 2.66. The Kier molecular flexibility index (Phi) is 4.22. The van der Waals surface area contributed by atoms with E-state index in [9.17, 15) is 0 Å². The van der Waals surface area contributed by atoms with Crippen LogP contribution in [0.3, 0.4) is 0 Å². The molecule has 1 fully saturated rings. The van der Waals surface area contributed by atoms with Crippen molar-refractivity contribution in [3.63, 3.8) is 0 Å². The first-order valence-electron chi connectivity index (χ1n) is 5.92. The van der Waals surface area contributed by atoms with Gasteiger partial charge in [-0.2, -0.15) is 11.3 Å². The monoisotopic (exact) mass is 237 g/mol. The van der Waals surface area contributed by atoms with Crippen molar-refractivity contribution < 1.29 is 0 Å². The summed E-state index contributed by atoms with van der Waals surface area (Å²) < 4.78 is 0. The molecule has 1 aliphatic heterocycles. The summed E-state index contributed by atoms with van der Waals surface area (Å²) in [7, 11) is 0. The maximum atomic E-state index is 6.01. The lowest BCUT2D eigenvalue weighted by Crippen LogP contribution is -2.38. The lowest BCUT2D eigenvalue weighted by atomic mass is 10.2. The van der Waals surface area contributed by atoms with Gasteiger partial charge in [-0.1, -0.05) is 12.8 Å². The molecule has 1 saturated heterocycles. The zero-order valence-corrected chi connectivity index (χ0v) is 10.4. The van der Waals surface area contributed by atoms with Gasteiger partial charge in [0.1, 0.15) is 0 Å². The third-order valence-electron chi connectivity index (χ3n) is 2.93. The van der Waals surface area contributed by atoms with E-state index in [1.54, 1.807) is 11.3 Å². The van der Waals surface area contributed by atoms with Crippen LogP contribution in [-0.2, 0) is 6.54 Å². The van der Waals surface area contributed by atoms with E-state index in [-0.39, 0.29) is 0 Å². The van der Waals surface area contributed by atoms with Gasteiger partial charge >= 0.3 is 0 Å². The van der Waals surface area contributed by atoms with Gasteiger partial charge in [0.05, 0.1) is 6.54 Å². The Morgan fingerprint density at radius 1 is 1.31 bits per heavy atom. The van der Waals surface area contributed by atoms with Crippen molar-refractivity contribution in [2.45, 2.75) is 32.2 Å². The predicted octanol–water partition coefficient (Wildman–Crippen LogP) is 2.44. The van der Waals surface area contributed by atoms with E-state index in [4.69, 9.17) is 5.73 Å². The second kappa shape index (κ2) is 5.89. The van der Waals surface area contributed by atoms with Crippen LogP contribution in [0.5, 0.6) is 0 Å². The first-order valence-corrected chi connectivity index (χ1v) is 6.86. The summed E-state index contributed by atoms with van der Waals surface area (Å²) in [5.74, 6) is 0.716. The lowest BCUT2D eigenvalue weighted by Gasteiger charge is -2.20. The Bertz CT molecular complexity index is 324. The molecule has 3 nitrogen and oxygen atoms in total. The van der Waals surface area contributed by atoms with Crippen LogP contribution in [0.4, 0.5) is 0 Å². The fourth-order valence-electron chi connectivity index (χ4n) is 1.95. The molecule has 88 valence electrons. The van der Waals surface area contributed by atoms with E-state index in [0.29, 0.717) is 12.5 Å². The van der Waals surface area contributed by atoms with E-state index in [1.165, 1.54) is 31.2 Å². The summed E-state index contributed by atoms with van der Waals surface area (Å²) in [6, 6.07) is 2.10. The minimum Gasteiger partial charge on any atom is -0.370 e. The molecule has 0 aliphatic carbocycles. The molecule has 0 amide bonds. The molecule has 2 heterocycles. The van der Waals surface area contributed by atoms with Crippen molar-refractivity contribution in [3.8, 4) is 0 Å². The van der Waals surface area contributed by atoms with Gasteiger partial charge in [0.25, 0.3) is 0 Å². The highest BCUT2D eigenvalue weighted by Crippen LogP contribution is 2.10. The number of hydrogen-bond donors (Lipinski definition) is 1. The molecule has 0 bridgehead atoms. The van der Waals surface area contributed by atoms with Crippen LogP contribution in [0.25, 0.3) is 0 Å². The summed E-state index contributed by atoms with van der Waals surface area (Å²) in [6.45, 7) is 2.85. The molecule has 0 unspecified atom stereocenters. The number of thiophene rings is 1. The largest absolute Gasteiger partial charge is 0.370 e. The quantitative estimate of drug-likeness (QED) is 0.634. The molecule has 2 rings (SSSR count). The van der Waals surface area contributed by atoms with Crippen LogP contribution < -0.4 is 5.73 Å². The predicted molar refractivity (Wildman–Crippen MR) is 69.7 cm³/mol. The summed E-state index contributed by atoms with van der Waals surface area (Å²) in [4.78, 5) is 6.68. The number of likely N-dealkylation sites (tertiary alicyclic amines) is 1. The smallest absolute Gasteiger partial charge is 0.191 e. The normalized spacial score (nSPS) is 18.5. The highest BCUT2D eigenvalue weighted by molar-refractivity contribution is 7.07. The molecular weight excluding hydrogens is 218 g/mol. The van der Waals surface area contributed by atoms with Crippen LogP contribution in [0, 0.1) is 0 Å². The van der Waals surface area contributed by atoms with Crippen molar-refractivity contribution in [2.24, 2.45) is 10.7 Å². The molecule has 2 N–H and O–H groups in total. The molecular formula is C12H19N3S. The summed E-state index contributed by atoms with van der Waals surface area (Å²) in [6.07, 6.45) is 5.14. The third kappa shape index (κ3) is 3.23. The first kappa shape index (κ1) is 11.5. The van der Waals surface area contributed by atoms with Crippen LogP contribution >= 0.6 is 11.3 Å². The molecule has 0 radical (unpaired) electrons.